The van der Waals surface area contributed by atoms with Crippen molar-refractivity contribution >= 4 is 33.2 Å². The molecule has 0 aliphatic carbocycles. The number of amides is 1. The zero-order chi connectivity index (χ0) is 19.6. The van der Waals surface area contributed by atoms with E-state index in [-0.39, 0.29) is 10.5 Å². The third kappa shape index (κ3) is 4.48. The summed E-state index contributed by atoms with van der Waals surface area (Å²) in [4.78, 5) is 12.4. The van der Waals surface area contributed by atoms with Crippen molar-refractivity contribution in [3.05, 3.63) is 58.9 Å². The number of rotatable bonds is 4. The highest BCUT2D eigenvalue weighted by Crippen LogP contribution is 2.25. The Labute approximate surface area is 163 Å². The molecule has 2 aromatic carbocycles. The molecule has 0 bridgehead atoms. The number of carbonyl (C=O) groups is 1. The van der Waals surface area contributed by atoms with Crippen LogP contribution in [-0.4, -0.2) is 31.7 Å². The van der Waals surface area contributed by atoms with Crippen molar-refractivity contribution in [3.63, 3.8) is 0 Å². The highest BCUT2D eigenvalue weighted by molar-refractivity contribution is 7.89. The van der Waals surface area contributed by atoms with Crippen LogP contribution in [0.2, 0.25) is 5.02 Å². The van der Waals surface area contributed by atoms with E-state index in [9.17, 15) is 17.6 Å². The molecule has 1 aliphatic heterocycles. The SMILES string of the molecule is CC1CCN(S(=O)(=O)c2ccc(F)c(C(=O)Nc3cccc(Cl)c3)c2)CC1. The Morgan fingerprint density at radius 2 is 1.89 bits per heavy atom. The van der Waals surface area contributed by atoms with Crippen LogP contribution in [0.15, 0.2) is 47.4 Å². The number of piperidine rings is 1. The molecule has 27 heavy (non-hydrogen) atoms. The molecule has 0 spiro atoms. The largest absolute Gasteiger partial charge is 0.322 e. The van der Waals surface area contributed by atoms with Crippen LogP contribution in [0.25, 0.3) is 0 Å². The van der Waals surface area contributed by atoms with Gasteiger partial charge in [-0.1, -0.05) is 24.6 Å². The second kappa shape index (κ2) is 7.96. The van der Waals surface area contributed by atoms with Gasteiger partial charge in [-0.25, -0.2) is 12.8 Å². The van der Waals surface area contributed by atoms with E-state index in [0.29, 0.717) is 29.7 Å². The van der Waals surface area contributed by atoms with Gasteiger partial charge in [0.15, 0.2) is 0 Å². The lowest BCUT2D eigenvalue weighted by Gasteiger charge is -2.29. The fourth-order valence-corrected chi connectivity index (χ4v) is 4.66. The molecule has 2 aromatic rings. The molecule has 0 aromatic heterocycles. The molecule has 1 N–H and O–H groups in total. The number of halogens is 2. The Hall–Kier alpha value is -1.96. The van der Waals surface area contributed by atoms with Gasteiger partial charge in [-0.2, -0.15) is 4.31 Å². The predicted molar refractivity (Wildman–Crippen MR) is 103 cm³/mol. The average molecular weight is 411 g/mol. The van der Waals surface area contributed by atoms with E-state index in [1.165, 1.54) is 16.4 Å². The first-order valence-electron chi connectivity index (χ1n) is 8.64. The quantitative estimate of drug-likeness (QED) is 0.823. The zero-order valence-electron chi connectivity index (χ0n) is 14.8. The van der Waals surface area contributed by atoms with E-state index < -0.39 is 21.7 Å². The number of hydrogen-bond donors (Lipinski definition) is 1. The summed E-state index contributed by atoms with van der Waals surface area (Å²) < 4.78 is 41.3. The number of carbonyl (C=O) groups excluding carboxylic acids is 1. The Morgan fingerprint density at radius 3 is 2.56 bits per heavy atom. The summed E-state index contributed by atoms with van der Waals surface area (Å²) in [6.45, 7) is 2.93. The van der Waals surface area contributed by atoms with Crippen LogP contribution >= 0.6 is 11.6 Å². The van der Waals surface area contributed by atoms with Gasteiger partial charge in [-0.15, -0.1) is 0 Å². The Bertz CT molecular complexity index is 957. The van der Waals surface area contributed by atoms with Crippen molar-refractivity contribution < 1.29 is 17.6 Å². The van der Waals surface area contributed by atoms with Gasteiger partial charge in [-0.05, 0) is 55.2 Å². The lowest BCUT2D eigenvalue weighted by Crippen LogP contribution is -2.38. The molecular weight excluding hydrogens is 391 g/mol. The maximum atomic E-state index is 14.2. The van der Waals surface area contributed by atoms with Gasteiger partial charge in [0.1, 0.15) is 5.82 Å². The van der Waals surface area contributed by atoms with E-state index in [2.05, 4.69) is 12.2 Å². The van der Waals surface area contributed by atoms with Gasteiger partial charge in [0.05, 0.1) is 10.5 Å². The average Bonchev–Trinajstić information content (AvgIpc) is 2.62. The number of benzene rings is 2. The number of hydrogen-bond acceptors (Lipinski definition) is 3. The van der Waals surface area contributed by atoms with Crippen molar-refractivity contribution in [3.8, 4) is 0 Å². The monoisotopic (exact) mass is 410 g/mol. The van der Waals surface area contributed by atoms with Crippen molar-refractivity contribution in [2.45, 2.75) is 24.7 Å². The van der Waals surface area contributed by atoms with Gasteiger partial charge in [-0.3, -0.25) is 4.79 Å². The molecule has 0 atom stereocenters. The lowest BCUT2D eigenvalue weighted by molar-refractivity contribution is 0.102. The summed E-state index contributed by atoms with van der Waals surface area (Å²) in [5.74, 6) is -1.05. The van der Waals surface area contributed by atoms with Crippen LogP contribution in [0.4, 0.5) is 10.1 Å². The van der Waals surface area contributed by atoms with Crippen molar-refractivity contribution in [2.24, 2.45) is 5.92 Å². The van der Waals surface area contributed by atoms with E-state index in [0.717, 1.165) is 25.0 Å². The van der Waals surface area contributed by atoms with Gasteiger partial charge in [0.25, 0.3) is 5.91 Å². The van der Waals surface area contributed by atoms with E-state index >= 15 is 0 Å². The fraction of sp³-hybridized carbons (Fsp3) is 0.316. The highest BCUT2D eigenvalue weighted by Gasteiger charge is 2.29. The Kier molecular flexibility index (Phi) is 5.83. The molecule has 8 heteroatoms. The first-order chi connectivity index (χ1) is 12.8. The standard InChI is InChI=1S/C19H20ClFN2O3S/c1-13-7-9-23(10-8-13)27(25,26)16-5-6-18(21)17(12-16)19(24)22-15-4-2-3-14(20)11-15/h2-6,11-13H,7-10H2,1H3,(H,22,24). The van der Waals surface area contributed by atoms with Crippen molar-refractivity contribution in [2.75, 3.05) is 18.4 Å². The van der Waals surface area contributed by atoms with Crippen LogP contribution in [0.5, 0.6) is 0 Å². The normalized spacial score (nSPS) is 16.3. The summed E-state index contributed by atoms with van der Waals surface area (Å²) in [5, 5.41) is 2.95. The number of sulfonamides is 1. The molecule has 0 radical (unpaired) electrons. The minimum Gasteiger partial charge on any atom is -0.322 e. The third-order valence-electron chi connectivity index (χ3n) is 4.65. The molecular formula is C19H20ClFN2O3S. The molecule has 1 amide bonds. The lowest BCUT2D eigenvalue weighted by atomic mass is 10.0. The summed E-state index contributed by atoms with van der Waals surface area (Å²) in [6, 6.07) is 9.70. The number of anilines is 1. The van der Waals surface area contributed by atoms with Crippen LogP contribution in [-0.2, 0) is 10.0 Å². The summed E-state index contributed by atoms with van der Waals surface area (Å²) in [5.41, 5.74) is 0.0617. The third-order valence-corrected chi connectivity index (χ3v) is 6.78. The minimum atomic E-state index is -3.77. The first-order valence-corrected chi connectivity index (χ1v) is 10.5. The topological polar surface area (TPSA) is 66.5 Å². The van der Waals surface area contributed by atoms with Gasteiger partial charge in [0, 0.05) is 23.8 Å². The molecule has 1 aliphatic rings. The molecule has 1 saturated heterocycles. The second-order valence-corrected chi connectivity index (χ2v) is 9.07. The smallest absolute Gasteiger partial charge is 0.258 e. The molecule has 5 nitrogen and oxygen atoms in total. The molecule has 0 unspecified atom stereocenters. The zero-order valence-corrected chi connectivity index (χ0v) is 16.4. The van der Waals surface area contributed by atoms with E-state index in [4.69, 9.17) is 11.6 Å². The van der Waals surface area contributed by atoms with Crippen LogP contribution < -0.4 is 5.32 Å². The molecule has 1 heterocycles. The van der Waals surface area contributed by atoms with E-state index in [1.54, 1.807) is 18.2 Å². The van der Waals surface area contributed by atoms with Crippen LogP contribution in [0, 0.1) is 11.7 Å². The Balaban J connectivity index is 1.86. The maximum absolute atomic E-state index is 14.2. The van der Waals surface area contributed by atoms with Crippen molar-refractivity contribution in [1.82, 2.24) is 4.31 Å². The summed E-state index contributed by atoms with van der Waals surface area (Å²) in [6.07, 6.45) is 1.56. The summed E-state index contributed by atoms with van der Waals surface area (Å²) >= 11 is 5.88. The number of nitrogens with one attached hydrogen (secondary N) is 1. The molecule has 1 fully saturated rings. The molecule has 3 rings (SSSR count). The van der Waals surface area contributed by atoms with Gasteiger partial charge in [0.2, 0.25) is 10.0 Å². The first kappa shape index (κ1) is 19.8. The highest BCUT2D eigenvalue weighted by atomic mass is 35.5. The summed E-state index contributed by atoms with van der Waals surface area (Å²) in [7, 11) is -3.77. The molecule has 0 saturated carbocycles. The van der Waals surface area contributed by atoms with Crippen LogP contribution in [0.3, 0.4) is 0 Å². The fourth-order valence-electron chi connectivity index (χ4n) is 2.98. The predicted octanol–water partition coefficient (Wildman–Crippen LogP) is 4.15. The maximum Gasteiger partial charge on any atom is 0.258 e. The van der Waals surface area contributed by atoms with Crippen LogP contribution in [0.1, 0.15) is 30.1 Å². The van der Waals surface area contributed by atoms with E-state index in [1.807, 2.05) is 0 Å². The van der Waals surface area contributed by atoms with Gasteiger partial charge < -0.3 is 5.32 Å². The Morgan fingerprint density at radius 1 is 1.19 bits per heavy atom. The minimum absolute atomic E-state index is 0.0882. The number of nitrogens with zero attached hydrogens (tertiary/aromatic N) is 1. The van der Waals surface area contributed by atoms with Crippen molar-refractivity contribution in [1.29, 1.82) is 0 Å². The second-order valence-electron chi connectivity index (χ2n) is 6.69. The van der Waals surface area contributed by atoms with Gasteiger partial charge >= 0.3 is 0 Å². The molecule has 144 valence electrons.